The molecule has 0 bridgehead atoms. The quantitative estimate of drug-likeness (QED) is 0.0377. The molecule has 6 nitrogen and oxygen atoms in total. The van der Waals surface area contributed by atoms with Crippen molar-refractivity contribution in [3.05, 3.63) is 60.8 Å². The van der Waals surface area contributed by atoms with Crippen LogP contribution in [0.3, 0.4) is 0 Å². The first kappa shape index (κ1) is 44.0. The van der Waals surface area contributed by atoms with Crippen LogP contribution < -0.4 is 5.32 Å². The van der Waals surface area contributed by atoms with Gasteiger partial charge in [0.25, 0.3) is 10.1 Å². The van der Waals surface area contributed by atoms with Crippen molar-refractivity contribution in [3.63, 3.8) is 0 Å². The average molecular weight is 664 g/mol. The molecule has 0 aliphatic heterocycles. The summed E-state index contributed by atoms with van der Waals surface area (Å²) in [6.45, 7) is 4.38. The second-order valence-electron chi connectivity index (χ2n) is 12.5. The Morgan fingerprint density at radius 1 is 0.609 bits per heavy atom. The number of carbonyl (C=O) groups excluding carboxylic acids is 1. The first-order valence-electron chi connectivity index (χ1n) is 18.5. The van der Waals surface area contributed by atoms with E-state index >= 15 is 0 Å². The zero-order valence-electron chi connectivity index (χ0n) is 29.4. The number of hydrogen-bond acceptors (Lipinski definition) is 4. The lowest BCUT2D eigenvalue weighted by molar-refractivity contribution is -0.122. The number of amides is 1. The Labute approximate surface area is 283 Å². The van der Waals surface area contributed by atoms with E-state index in [1.807, 2.05) is 6.08 Å². The van der Waals surface area contributed by atoms with Crippen molar-refractivity contribution in [1.29, 1.82) is 0 Å². The van der Waals surface area contributed by atoms with Gasteiger partial charge in [-0.25, -0.2) is 0 Å². The second-order valence-corrected chi connectivity index (χ2v) is 14.0. The molecule has 2 atom stereocenters. The van der Waals surface area contributed by atoms with Crippen LogP contribution in [0.25, 0.3) is 0 Å². The molecule has 0 heterocycles. The van der Waals surface area contributed by atoms with Gasteiger partial charge in [-0.1, -0.05) is 158 Å². The Morgan fingerprint density at radius 2 is 1.04 bits per heavy atom. The van der Waals surface area contributed by atoms with Crippen LogP contribution in [0.1, 0.15) is 162 Å². The number of rotatable bonds is 32. The third-order valence-corrected chi connectivity index (χ3v) is 8.73. The zero-order chi connectivity index (χ0) is 34.0. The van der Waals surface area contributed by atoms with E-state index in [9.17, 15) is 22.9 Å². The molecule has 0 saturated carbocycles. The topological polar surface area (TPSA) is 104 Å². The highest BCUT2D eigenvalue weighted by atomic mass is 32.2. The molecule has 1 amide bonds. The Morgan fingerprint density at radius 3 is 1.54 bits per heavy atom. The number of aliphatic hydroxyl groups is 1. The van der Waals surface area contributed by atoms with Crippen molar-refractivity contribution in [1.82, 2.24) is 5.32 Å². The molecule has 0 radical (unpaired) electrons. The molecule has 2 unspecified atom stereocenters. The van der Waals surface area contributed by atoms with Crippen molar-refractivity contribution >= 4 is 16.0 Å². The van der Waals surface area contributed by atoms with E-state index in [0.717, 1.165) is 83.5 Å². The molecule has 0 aromatic carbocycles. The molecule has 0 saturated heterocycles. The Kier molecular flexibility index (Phi) is 31.6. The fraction of sp³-hybridized carbons (Fsp3) is 0.718. The van der Waals surface area contributed by atoms with Crippen molar-refractivity contribution in [2.24, 2.45) is 0 Å². The smallest absolute Gasteiger partial charge is 0.267 e. The molecule has 0 rings (SSSR count). The summed E-state index contributed by atoms with van der Waals surface area (Å²) in [4.78, 5) is 12.5. The molecular weight excluding hydrogens is 594 g/mol. The number of carbonyl (C=O) groups is 1. The van der Waals surface area contributed by atoms with Gasteiger partial charge in [0.15, 0.2) is 0 Å². The summed E-state index contributed by atoms with van der Waals surface area (Å²) in [5.74, 6) is -1.00. The average Bonchev–Trinajstić information content (AvgIpc) is 3.01. The van der Waals surface area contributed by atoms with Crippen molar-refractivity contribution in [3.8, 4) is 0 Å². The van der Waals surface area contributed by atoms with Gasteiger partial charge in [-0.15, -0.1) is 0 Å². The number of unbranched alkanes of at least 4 members (excludes halogenated alkanes) is 16. The van der Waals surface area contributed by atoms with Crippen LogP contribution in [0.4, 0.5) is 0 Å². The maximum Gasteiger partial charge on any atom is 0.267 e. The van der Waals surface area contributed by atoms with Gasteiger partial charge < -0.3 is 10.4 Å². The molecule has 0 aromatic heterocycles. The van der Waals surface area contributed by atoms with Gasteiger partial charge in [-0.2, -0.15) is 8.42 Å². The predicted molar refractivity (Wildman–Crippen MR) is 198 cm³/mol. The normalized spacial score (nSPS) is 14.1. The molecule has 46 heavy (non-hydrogen) atoms. The maximum absolute atomic E-state index is 12.5. The SMILES string of the molecule is CC/C=C\C/C=C\C/C=C\C/C=C\CCCCCCCCC(=O)NC(CS(=O)(=O)O)C(O)/C=C/CCCCCCCCCCCC. The van der Waals surface area contributed by atoms with Gasteiger partial charge in [0.2, 0.25) is 5.91 Å². The maximum atomic E-state index is 12.5. The molecule has 7 heteroatoms. The highest BCUT2D eigenvalue weighted by Gasteiger charge is 2.24. The summed E-state index contributed by atoms with van der Waals surface area (Å²) < 4.78 is 32.3. The van der Waals surface area contributed by atoms with E-state index in [2.05, 4.69) is 67.8 Å². The third kappa shape index (κ3) is 33.4. The predicted octanol–water partition coefficient (Wildman–Crippen LogP) is 10.5. The zero-order valence-corrected chi connectivity index (χ0v) is 30.2. The lowest BCUT2D eigenvalue weighted by Crippen LogP contribution is -2.46. The van der Waals surface area contributed by atoms with Gasteiger partial charge in [0, 0.05) is 6.42 Å². The first-order valence-corrected chi connectivity index (χ1v) is 20.1. The fourth-order valence-corrected chi connectivity index (χ4v) is 5.94. The third-order valence-electron chi connectivity index (χ3n) is 7.95. The molecule has 0 aliphatic carbocycles. The van der Waals surface area contributed by atoms with Crippen LogP contribution in [0, 0.1) is 0 Å². The van der Waals surface area contributed by atoms with Crippen LogP contribution >= 0.6 is 0 Å². The highest BCUT2D eigenvalue weighted by Crippen LogP contribution is 2.13. The minimum atomic E-state index is -4.35. The van der Waals surface area contributed by atoms with E-state index in [4.69, 9.17) is 0 Å². The van der Waals surface area contributed by atoms with Crippen LogP contribution in [0.2, 0.25) is 0 Å². The Bertz CT molecular complexity index is 951. The monoisotopic (exact) mass is 663 g/mol. The number of nitrogens with one attached hydrogen (secondary N) is 1. The molecule has 0 fully saturated rings. The van der Waals surface area contributed by atoms with Crippen LogP contribution in [0.15, 0.2) is 60.8 Å². The highest BCUT2D eigenvalue weighted by molar-refractivity contribution is 7.85. The lowest BCUT2D eigenvalue weighted by atomic mass is 10.1. The van der Waals surface area contributed by atoms with Gasteiger partial charge in [-0.3, -0.25) is 9.35 Å². The van der Waals surface area contributed by atoms with E-state index in [0.29, 0.717) is 6.42 Å². The molecule has 0 aliphatic rings. The minimum Gasteiger partial charge on any atom is -0.387 e. The van der Waals surface area contributed by atoms with Gasteiger partial charge in [0.05, 0.1) is 17.9 Å². The van der Waals surface area contributed by atoms with Crippen molar-refractivity contribution < 1.29 is 22.9 Å². The second kappa shape index (κ2) is 33.0. The standard InChI is InChI=1S/C39H69NO5S/c1-3-5-7-9-11-13-15-17-18-19-20-21-22-23-25-27-29-31-33-35-39(42)40-37(36-46(43,44)45)38(41)34-32-30-28-26-24-16-14-12-10-8-6-4-2/h5,7,11,13,17-18,20-21,32,34,37-38,41H,3-4,6,8-10,12,14-16,19,22-31,33,35-36H2,1-2H3,(H,40,42)(H,43,44,45)/b7-5-,13-11-,18-17-,21-20-,34-32+. The summed E-state index contributed by atoms with van der Waals surface area (Å²) in [6, 6.07) is -1.06. The summed E-state index contributed by atoms with van der Waals surface area (Å²) in [7, 11) is -4.35. The molecular formula is C39H69NO5S. The number of hydrogen-bond donors (Lipinski definition) is 3. The van der Waals surface area contributed by atoms with Gasteiger partial charge >= 0.3 is 0 Å². The van der Waals surface area contributed by atoms with E-state index in [1.54, 1.807) is 6.08 Å². The number of aliphatic hydroxyl groups excluding tert-OH is 1. The van der Waals surface area contributed by atoms with E-state index < -0.39 is 28.0 Å². The lowest BCUT2D eigenvalue weighted by Gasteiger charge is -2.21. The molecule has 266 valence electrons. The van der Waals surface area contributed by atoms with Gasteiger partial charge in [-0.05, 0) is 57.8 Å². The van der Waals surface area contributed by atoms with Crippen LogP contribution in [-0.2, 0) is 14.9 Å². The summed E-state index contributed by atoms with van der Waals surface area (Å²) in [6.07, 6.45) is 44.8. The van der Waals surface area contributed by atoms with Crippen LogP contribution in [-0.4, -0.2) is 41.9 Å². The van der Waals surface area contributed by atoms with Crippen molar-refractivity contribution in [2.45, 2.75) is 174 Å². The summed E-state index contributed by atoms with van der Waals surface area (Å²) >= 11 is 0. The first-order chi connectivity index (χ1) is 22.3. The van der Waals surface area contributed by atoms with Crippen LogP contribution in [0.5, 0.6) is 0 Å². The number of allylic oxidation sites excluding steroid dienone is 9. The van der Waals surface area contributed by atoms with Crippen molar-refractivity contribution in [2.75, 3.05) is 5.75 Å². The van der Waals surface area contributed by atoms with E-state index in [-0.39, 0.29) is 12.3 Å². The minimum absolute atomic E-state index is 0.277. The Hall–Kier alpha value is -1.96. The van der Waals surface area contributed by atoms with E-state index in [1.165, 1.54) is 51.4 Å². The molecule has 3 N–H and O–H groups in total. The molecule has 0 aromatic rings. The fourth-order valence-electron chi connectivity index (χ4n) is 5.20. The van der Waals surface area contributed by atoms with Gasteiger partial charge in [0.1, 0.15) is 0 Å². The molecule has 0 spiro atoms. The Balaban J connectivity index is 4.01. The summed E-state index contributed by atoms with van der Waals surface area (Å²) in [5.41, 5.74) is 0. The largest absolute Gasteiger partial charge is 0.387 e. The summed E-state index contributed by atoms with van der Waals surface area (Å²) in [5, 5.41) is 13.2.